The lowest BCUT2D eigenvalue weighted by Gasteiger charge is -2.10. The number of benzene rings is 3. The van der Waals surface area contributed by atoms with Crippen molar-refractivity contribution in [2.75, 3.05) is 0 Å². The Kier molecular flexibility index (Phi) is 6.21. The van der Waals surface area contributed by atoms with E-state index >= 15 is 4.39 Å². The lowest BCUT2D eigenvalue weighted by Crippen LogP contribution is -2.04. The highest BCUT2D eigenvalue weighted by molar-refractivity contribution is 5.87. The van der Waals surface area contributed by atoms with Crippen LogP contribution in [0.25, 0.3) is 22.2 Å². The predicted molar refractivity (Wildman–Crippen MR) is 118 cm³/mol. The number of halogens is 4. The molecule has 0 fully saturated rings. The van der Waals surface area contributed by atoms with E-state index in [2.05, 4.69) is 16.9 Å². The van der Waals surface area contributed by atoms with Gasteiger partial charge in [-0.25, -0.2) is 14.4 Å². The molecule has 0 aliphatic carbocycles. The summed E-state index contributed by atoms with van der Waals surface area (Å²) in [6.45, 7) is 2.10. The normalized spacial score (nSPS) is 11.8. The van der Waals surface area contributed by atoms with Crippen molar-refractivity contribution in [2.45, 2.75) is 38.8 Å². The number of aryl methyl sites for hydroxylation is 3. The SMILES string of the molecule is CCCc1cnc(-c2ccc3c(F)c(CCc4ccc(C(F)(F)F)cc4)ccc3c2)nc1. The average molecular weight is 438 g/mol. The molecule has 4 rings (SSSR count). The molecule has 164 valence electrons. The van der Waals surface area contributed by atoms with Crippen molar-refractivity contribution in [1.82, 2.24) is 9.97 Å². The first-order chi connectivity index (χ1) is 15.3. The van der Waals surface area contributed by atoms with Crippen LogP contribution in [0.3, 0.4) is 0 Å². The first-order valence-electron chi connectivity index (χ1n) is 10.5. The molecule has 0 unspecified atom stereocenters. The third-order valence-electron chi connectivity index (χ3n) is 5.50. The van der Waals surface area contributed by atoms with Crippen molar-refractivity contribution < 1.29 is 17.6 Å². The van der Waals surface area contributed by atoms with E-state index in [-0.39, 0.29) is 5.82 Å². The molecule has 2 nitrogen and oxygen atoms in total. The van der Waals surface area contributed by atoms with Crippen molar-refractivity contribution in [3.8, 4) is 11.4 Å². The van der Waals surface area contributed by atoms with E-state index in [1.54, 1.807) is 18.2 Å². The summed E-state index contributed by atoms with van der Waals surface area (Å²) >= 11 is 0. The van der Waals surface area contributed by atoms with Gasteiger partial charge >= 0.3 is 6.18 Å². The number of alkyl halides is 3. The summed E-state index contributed by atoms with van der Waals surface area (Å²) in [4.78, 5) is 8.85. The Morgan fingerprint density at radius 1 is 0.781 bits per heavy atom. The van der Waals surface area contributed by atoms with E-state index in [0.29, 0.717) is 29.6 Å². The molecule has 0 N–H and O–H groups in total. The monoisotopic (exact) mass is 438 g/mol. The van der Waals surface area contributed by atoms with Crippen molar-refractivity contribution >= 4 is 10.8 Å². The van der Waals surface area contributed by atoms with Gasteiger partial charge in [0.15, 0.2) is 5.82 Å². The number of rotatable bonds is 6. The van der Waals surface area contributed by atoms with Crippen LogP contribution in [0.4, 0.5) is 17.6 Å². The second kappa shape index (κ2) is 9.07. The van der Waals surface area contributed by atoms with Crippen LogP contribution in [0.15, 0.2) is 67.0 Å². The minimum atomic E-state index is -4.36. The second-order valence-electron chi connectivity index (χ2n) is 7.83. The van der Waals surface area contributed by atoms with Crippen molar-refractivity contribution in [1.29, 1.82) is 0 Å². The molecule has 4 aromatic rings. The maximum atomic E-state index is 15.1. The molecular formula is C26H22F4N2. The number of fused-ring (bicyclic) bond motifs is 1. The van der Waals surface area contributed by atoms with E-state index in [0.717, 1.165) is 47.1 Å². The first-order valence-corrected chi connectivity index (χ1v) is 10.5. The van der Waals surface area contributed by atoms with Crippen LogP contribution in [0.1, 0.15) is 35.6 Å². The van der Waals surface area contributed by atoms with Gasteiger partial charge in [-0.15, -0.1) is 0 Å². The smallest absolute Gasteiger partial charge is 0.236 e. The van der Waals surface area contributed by atoms with Gasteiger partial charge in [0.25, 0.3) is 0 Å². The molecule has 6 heteroatoms. The zero-order valence-corrected chi connectivity index (χ0v) is 17.6. The van der Waals surface area contributed by atoms with E-state index in [1.165, 1.54) is 12.1 Å². The maximum Gasteiger partial charge on any atom is 0.416 e. The molecule has 0 saturated heterocycles. The minimum absolute atomic E-state index is 0.305. The molecule has 0 bridgehead atoms. The molecular weight excluding hydrogens is 416 g/mol. The van der Waals surface area contributed by atoms with Gasteiger partial charge in [-0.05, 0) is 59.5 Å². The quantitative estimate of drug-likeness (QED) is 0.298. The average Bonchev–Trinajstić information content (AvgIpc) is 2.79. The standard InChI is InChI=1S/C26H22F4N2/c1-2-3-18-15-31-25(32-16-18)21-10-13-23-20(14-21)9-8-19(24(23)27)7-4-17-5-11-22(12-6-17)26(28,29)30/h5-6,8-16H,2-4,7H2,1H3. The van der Waals surface area contributed by atoms with Gasteiger partial charge < -0.3 is 0 Å². The topological polar surface area (TPSA) is 25.8 Å². The maximum absolute atomic E-state index is 15.1. The molecule has 3 aromatic carbocycles. The Labute approximate surface area is 184 Å². The van der Waals surface area contributed by atoms with Gasteiger partial charge in [0.2, 0.25) is 0 Å². The van der Waals surface area contributed by atoms with E-state index in [1.807, 2.05) is 24.5 Å². The summed E-state index contributed by atoms with van der Waals surface area (Å²) in [5.74, 6) is 0.290. The van der Waals surface area contributed by atoms with E-state index < -0.39 is 11.7 Å². The summed E-state index contributed by atoms with van der Waals surface area (Å²) in [5, 5.41) is 1.25. The predicted octanol–water partition coefficient (Wildman–Crippen LogP) is 7.19. The summed E-state index contributed by atoms with van der Waals surface area (Å²) in [5.41, 5.74) is 2.48. The number of aromatic nitrogens is 2. The lowest BCUT2D eigenvalue weighted by atomic mass is 9.98. The van der Waals surface area contributed by atoms with Crippen LogP contribution in [-0.4, -0.2) is 9.97 Å². The van der Waals surface area contributed by atoms with Crippen LogP contribution in [0, 0.1) is 5.82 Å². The molecule has 0 aliphatic rings. The number of hydrogen-bond donors (Lipinski definition) is 0. The summed E-state index contributed by atoms with van der Waals surface area (Å²) in [6.07, 6.45) is 2.09. The highest BCUT2D eigenvalue weighted by Crippen LogP contribution is 2.30. The largest absolute Gasteiger partial charge is 0.416 e. The fourth-order valence-electron chi connectivity index (χ4n) is 3.73. The zero-order chi connectivity index (χ0) is 22.7. The van der Waals surface area contributed by atoms with Crippen LogP contribution in [0.5, 0.6) is 0 Å². The Hall–Kier alpha value is -3.28. The van der Waals surface area contributed by atoms with Crippen molar-refractivity contribution in [2.24, 2.45) is 0 Å². The highest BCUT2D eigenvalue weighted by atomic mass is 19.4. The fourth-order valence-corrected chi connectivity index (χ4v) is 3.73. The highest BCUT2D eigenvalue weighted by Gasteiger charge is 2.29. The zero-order valence-electron chi connectivity index (χ0n) is 17.6. The van der Waals surface area contributed by atoms with E-state index in [4.69, 9.17) is 0 Å². The summed E-state index contributed by atoms with van der Waals surface area (Å²) in [6, 6.07) is 14.0. The van der Waals surface area contributed by atoms with Gasteiger partial charge in [-0.1, -0.05) is 49.7 Å². The minimum Gasteiger partial charge on any atom is -0.236 e. The van der Waals surface area contributed by atoms with Gasteiger partial charge in [0.05, 0.1) is 5.56 Å². The molecule has 0 spiro atoms. The Bertz CT molecular complexity index is 1210. The summed E-state index contributed by atoms with van der Waals surface area (Å²) in [7, 11) is 0. The number of nitrogens with zero attached hydrogens (tertiary/aromatic N) is 2. The van der Waals surface area contributed by atoms with Gasteiger partial charge in [-0.2, -0.15) is 13.2 Å². The van der Waals surface area contributed by atoms with E-state index in [9.17, 15) is 13.2 Å². The Balaban J connectivity index is 1.52. The molecule has 0 aliphatic heterocycles. The van der Waals surface area contributed by atoms with Gasteiger partial charge in [0.1, 0.15) is 5.82 Å². The molecule has 32 heavy (non-hydrogen) atoms. The van der Waals surface area contributed by atoms with Gasteiger partial charge in [-0.3, -0.25) is 0 Å². The Morgan fingerprint density at radius 2 is 1.50 bits per heavy atom. The Morgan fingerprint density at radius 3 is 2.16 bits per heavy atom. The van der Waals surface area contributed by atoms with Crippen LogP contribution in [0.2, 0.25) is 0 Å². The van der Waals surface area contributed by atoms with Gasteiger partial charge in [0, 0.05) is 23.3 Å². The lowest BCUT2D eigenvalue weighted by molar-refractivity contribution is -0.137. The van der Waals surface area contributed by atoms with Crippen molar-refractivity contribution in [3.05, 3.63) is 95.1 Å². The summed E-state index contributed by atoms with van der Waals surface area (Å²) < 4.78 is 53.2. The molecule has 0 atom stereocenters. The second-order valence-corrected chi connectivity index (χ2v) is 7.83. The third kappa shape index (κ3) is 4.79. The van der Waals surface area contributed by atoms with Crippen molar-refractivity contribution in [3.63, 3.8) is 0 Å². The molecule has 0 amide bonds. The fraction of sp³-hybridized carbons (Fsp3) is 0.231. The molecule has 0 radical (unpaired) electrons. The third-order valence-corrected chi connectivity index (χ3v) is 5.50. The number of hydrogen-bond acceptors (Lipinski definition) is 2. The van der Waals surface area contributed by atoms with Crippen LogP contribution in [-0.2, 0) is 25.4 Å². The van der Waals surface area contributed by atoms with Crippen LogP contribution >= 0.6 is 0 Å². The molecule has 1 aromatic heterocycles. The first kappa shape index (κ1) is 21.9. The molecule has 1 heterocycles. The van der Waals surface area contributed by atoms with Crippen LogP contribution < -0.4 is 0 Å². The molecule has 0 saturated carbocycles.